The average molecular weight is 528 g/mol. The summed E-state index contributed by atoms with van der Waals surface area (Å²) in [6.07, 6.45) is 1.76. The fourth-order valence-electron chi connectivity index (χ4n) is 7.21. The summed E-state index contributed by atoms with van der Waals surface area (Å²) in [6, 6.07) is 27.8. The Bertz CT molecular complexity index is 1740. The summed E-state index contributed by atoms with van der Waals surface area (Å²) in [5.74, 6) is -2.03. The predicted octanol–water partition coefficient (Wildman–Crippen LogP) is 6.16. The highest BCUT2D eigenvalue weighted by atomic mass is 16.6. The van der Waals surface area contributed by atoms with Crippen molar-refractivity contribution in [2.24, 2.45) is 16.8 Å². The molecule has 2 bridgehead atoms. The van der Waals surface area contributed by atoms with Gasteiger partial charge in [0.1, 0.15) is 0 Å². The van der Waals surface area contributed by atoms with Gasteiger partial charge in [0.2, 0.25) is 11.8 Å². The largest absolute Gasteiger partial charge is 0.274 e. The minimum absolute atomic E-state index is 0.0636. The topological polar surface area (TPSA) is 92.9 Å². The Balaban J connectivity index is 1.49. The molecule has 2 atom stereocenters. The van der Waals surface area contributed by atoms with Crippen molar-refractivity contribution in [1.82, 2.24) is 0 Å². The van der Waals surface area contributed by atoms with Gasteiger partial charge in [-0.3, -0.25) is 24.7 Å². The van der Waals surface area contributed by atoms with Crippen LogP contribution in [0.4, 0.5) is 17.1 Å². The van der Waals surface area contributed by atoms with Gasteiger partial charge in [0.15, 0.2) is 0 Å². The van der Waals surface area contributed by atoms with Gasteiger partial charge in [-0.25, -0.2) is 4.90 Å². The minimum atomic E-state index is -1.03. The maximum absolute atomic E-state index is 14.5. The van der Waals surface area contributed by atoms with Crippen LogP contribution in [0.2, 0.25) is 0 Å². The smallest absolute Gasteiger partial charge is 0.271 e. The summed E-state index contributed by atoms with van der Waals surface area (Å²) in [7, 11) is 0. The van der Waals surface area contributed by atoms with Crippen LogP contribution in [-0.4, -0.2) is 23.0 Å². The van der Waals surface area contributed by atoms with E-state index in [0.717, 1.165) is 33.4 Å². The Morgan fingerprint density at radius 1 is 0.850 bits per heavy atom. The van der Waals surface area contributed by atoms with Gasteiger partial charge in [-0.1, -0.05) is 72.3 Å². The zero-order chi connectivity index (χ0) is 27.8. The normalized spacial score (nSPS) is 24.2. The van der Waals surface area contributed by atoms with Crippen LogP contribution in [0.3, 0.4) is 0 Å². The van der Waals surface area contributed by atoms with E-state index in [2.05, 4.69) is 0 Å². The quantitative estimate of drug-likeness (QED) is 0.137. The first kappa shape index (κ1) is 24.2. The Labute approximate surface area is 231 Å². The first-order valence-corrected chi connectivity index (χ1v) is 13.3. The lowest BCUT2D eigenvalue weighted by molar-refractivity contribution is -0.384. The van der Waals surface area contributed by atoms with E-state index in [0.29, 0.717) is 11.4 Å². The lowest BCUT2D eigenvalue weighted by Gasteiger charge is -2.52. The van der Waals surface area contributed by atoms with Crippen molar-refractivity contribution in [3.63, 3.8) is 0 Å². The van der Waals surface area contributed by atoms with E-state index in [-0.39, 0.29) is 23.4 Å². The molecule has 4 aromatic carbocycles. The number of aliphatic imine (C=N–C) groups is 1. The van der Waals surface area contributed by atoms with Crippen LogP contribution < -0.4 is 4.90 Å². The molecule has 0 aromatic heterocycles. The third-order valence-corrected chi connectivity index (χ3v) is 8.73. The molecule has 0 saturated carbocycles. The second-order valence-electron chi connectivity index (χ2n) is 10.9. The number of imide groups is 1. The van der Waals surface area contributed by atoms with Crippen LogP contribution in [0, 0.1) is 35.8 Å². The first-order chi connectivity index (χ1) is 19.3. The first-order valence-electron chi connectivity index (χ1n) is 13.3. The number of nitro benzene ring substituents is 1. The lowest BCUT2D eigenvalue weighted by atomic mass is 9.47. The van der Waals surface area contributed by atoms with E-state index in [4.69, 9.17) is 4.99 Å². The number of rotatable bonds is 4. The van der Waals surface area contributed by atoms with Crippen LogP contribution in [0.5, 0.6) is 0 Å². The molecule has 8 rings (SSSR count). The van der Waals surface area contributed by atoms with Crippen molar-refractivity contribution in [3.05, 3.63) is 134 Å². The fourth-order valence-corrected chi connectivity index (χ4v) is 7.21. The third kappa shape index (κ3) is 3.14. The van der Waals surface area contributed by atoms with Crippen LogP contribution in [0.25, 0.3) is 0 Å². The standard InChI is InChI=1S/C33H25N3O4/c1-19-14-15-27(20(2)16-19)35-31(37)29-28-23-10-3-5-12-25(23)33(30(29)32(35)38,26-13-6-4-11-24(26)28)18-34-21-8-7-9-22(17-21)36(39)40/h3-18,28-30H,1-2H3/t28?,29-,30+,33?/m1/s1. The molecule has 0 unspecified atom stereocenters. The monoisotopic (exact) mass is 527 g/mol. The van der Waals surface area contributed by atoms with Gasteiger partial charge >= 0.3 is 0 Å². The molecular weight excluding hydrogens is 502 g/mol. The van der Waals surface area contributed by atoms with Gasteiger partial charge < -0.3 is 0 Å². The SMILES string of the molecule is Cc1ccc(N2C(=O)[C@@H]3C4c5ccccc5C(C=Nc5cccc([N+](=O)[O-])c5)(c5ccccc54)[C@@H]3C2=O)c(C)c1. The summed E-state index contributed by atoms with van der Waals surface area (Å²) >= 11 is 0. The molecule has 0 N–H and O–H groups in total. The molecule has 3 aliphatic carbocycles. The van der Waals surface area contributed by atoms with Crippen molar-refractivity contribution >= 4 is 35.1 Å². The van der Waals surface area contributed by atoms with Crippen LogP contribution in [0.15, 0.2) is 96.0 Å². The fraction of sp³-hybridized carbons (Fsp3) is 0.182. The highest BCUT2D eigenvalue weighted by Crippen LogP contribution is 2.63. The number of carbonyl (C=O) groups is 2. The summed E-state index contributed by atoms with van der Waals surface area (Å²) in [6.45, 7) is 3.90. The molecule has 196 valence electrons. The lowest BCUT2D eigenvalue weighted by Crippen LogP contribution is -2.54. The molecule has 4 aliphatic rings. The number of anilines is 1. The second-order valence-corrected chi connectivity index (χ2v) is 10.9. The van der Waals surface area contributed by atoms with E-state index in [1.807, 2.05) is 80.6 Å². The molecule has 40 heavy (non-hydrogen) atoms. The Hall–Kier alpha value is -4.91. The number of nitro groups is 1. The molecule has 1 fully saturated rings. The number of non-ortho nitro benzene ring substituents is 1. The Kier molecular flexibility index (Phi) is 5.16. The minimum Gasteiger partial charge on any atom is -0.274 e. The van der Waals surface area contributed by atoms with E-state index in [1.54, 1.807) is 18.3 Å². The van der Waals surface area contributed by atoms with Gasteiger partial charge in [-0.05, 0) is 53.8 Å². The van der Waals surface area contributed by atoms with Crippen LogP contribution in [0.1, 0.15) is 39.3 Å². The zero-order valence-electron chi connectivity index (χ0n) is 21.9. The van der Waals surface area contributed by atoms with Gasteiger partial charge in [-0.15, -0.1) is 0 Å². The van der Waals surface area contributed by atoms with Crippen molar-refractivity contribution < 1.29 is 14.5 Å². The number of nitrogens with zero attached hydrogens (tertiary/aromatic N) is 3. The molecule has 4 aromatic rings. The Morgan fingerprint density at radius 3 is 2.17 bits per heavy atom. The number of hydrogen-bond donors (Lipinski definition) is 0. The van der Waals surface area contributed by atoms with Crippen molar-refractivity contribution in [2.75, 3.05) is 4.90 Å². The number of benzene rings is 4. The van der Waals surface area contributed by atoms with Gasteiger partial charge in [0.25, 0.3) is 5.69 Å². The third-order valence-electron chi connectivity index (χ3n) is 8.73. The molecule has 1 saturated heterocycles. The van der Waals surface area contributed by atoms with E-state index >= 15 is 0 Å². The van der Waals surface area contributed by atoms with Gasteiger partial charge in [-0.2, -0.15) is 0 Å². The van der Waals surface area contributed by atoms with E-state index < -0.39 is 22.2 Å². The maximum atomic E-state index is 14.5. The van der Waals surface area contributed by atoms with Crippen molar-refractivity contribution in [1.29, 1.82) is 0 Å². The highest BCUT2D eigenvalue weighted by molar-refractivity contribution is 6.25. The highest BCUT2D eigenvalue weighted by Gasteiger charge is 2.68. The molecule has 2 amide bonds. The van der Waals surface area contributed by atoms with Crippen molar-refractivity contribution in [2.45, 2.75) is 25.2 Å². The van der Waals surface area contributed by atoms with Crippen molar-refractivity contribution in [3.8, 4) is 0 Å². The number of carbonyl (C=O) groups excluding carboxylic acids is 2. The summed E-state index contributed by atoms with van der Waals surface area (Å²) in [5, 5.41) is 11.4. The number of amides is 2. The van der Waals surface area contributed by atoms with E-state index in [1.165, 1.54) is 17.0 Å². The number of hydrogen-bond acceptors (Lipinski definition) is 5. The average Bonchev–Trinajstić information content (AvgIpc) is 3.23. The summed E-state index contributed by atoms with van der Waals surface area (Å²) in [4.78, 5) is 46.0. The van der Waals surface area contributed by atoms with Gasteiger partial charge in [0.05, 0.1) is 33.5 Å². The van der Waals surface area contributed by atoms with Gasteiger partial charge in [0, 0.05) is 24.3 Å². The second kappa shape index (κ2) is 8.55. The molecular formula is C33H25N3O4. The summed E-state index contributed by atoms with van der Waals surface area (Å²) < 4.78 is 0. The molecule has 1 heterocycles. The Morgan fingerprint density at radius 2 is 1.52 bits per heavy atom. The van der Waals surface area contributed by atoms with E-state index in [9.17, 15) is 19.7 Å². The van der Waals surface area contributed by atoms with Crippen LogP contribution in [-0.2, 0) is 15.0 Å². The number of aryl methyl sites for hydroxylation is 2. The molecule has 7 nitrogen and oxygen atoms in total. The zero-order valence-corrected chi connectivity index (χ0v) is 21.9. The molecule has 7 heteroatoms. The molecule has 1 aliphatic heterocycles. The predicted molar refractivity (Wildman–Crippen MR) is 152 cm³/mol. The summed E-state index contributed by atoms with van der Waals surface area (Å²) in [5.41, 5.74) is 5.74. The molecule has 0 spiro atoms. The van der Waals surface area contributed by atoms with Crippen LogP contribution >= 0.6 is 0 Å². The maximum Gasteiger partial charge on any atom is 0.271 e. The molecule has 0 radical (unpaired) electrons.